The Morgan fingerprint density at radius 2 is 1.76 bits per heavy atom. The third kappa shape index (κ3) is 6.62. The van der Waals surface area contributed by atoms with Gasteiger partial charge in [-0.1, -0.05) is 0 Å². The Hall–Kier alpha value is -5.48. The van der Waals surface area contributed by atoms with Crippen LogP contribution in [0.1, 0.15) is 17.5 Å². The maximum atomic E-state index is 12.8. The van der Waals surface area contributed by atoms with Gasteiger partial charge in [0.1, 0.15) is 29.2 Å². The van der Waals surface area contributed by atoms with E-state index in [4.69, 9.17) is 16.2 Å². The second-order valence-electron chi connectivity index (χ2n) is 9.07. The number of benzene rings is 3. The summed E-state index contributed by atoms with van der Waals surface area (Å²) in [6, 6.07) is 9.49. The van der Waals surface area contributed by atoms with E-state index in [9.17, 15) is 38.5 Å². The number of imidazole rings is 1. The fourth-order valence-electron chi connectivity index (χ4n) is 4.20. The molecule has 0 aliphatic rings. The molecular weight excluding hydrogens is 572 g/mol. The summed E-state index contributed by atoms with van der Waals surface area (Å²) in [7, 11) is 0. The number of H-pyrrole nitrogens is 1. The molecule has 10 N–H and O–H groups in total. The Bertz CT molecular complexity index is 1770. The maximum absolute atomic E-state index is 12.8. The van der Waals surface area contributed by atoms with E-state index in [2.05, 4.69) is 20.0 Å². The van der Waals surface area contributed by atoms with Crippen LogP contribution in [0.2, 0.25) is 0 Å². The summed E-state index contributed by atoms with van der Waals surface area (Å²) < 4.78 is 24.5. The van der Waals surface area contributed by atoms with Crippen molar-refractivity contribution >= 4 is 51.7 Å². The third-order valence-electron chi connectivity index (χ3n) is 6.08. The van der Waals surface area contributed by atoms with Gasteiger partial charge in [-0.25, -0.2) is 9.78 Å². The number of aliphatic carboxylic acids is 2. The minimum atomic E-state index is -2.69. The number of aromatic hydroxyl groups is 2. The standard InChI is InChI=1S/C26H24N6O9S/c27-24(28)12-1-3-17-18(8-12)31-25(30-17)16-6-11(7-21(34)29-19(26(38)39)10-22(35)36)5-15(23(16)37)14-9-13(32-42(40)41)2-4-20(14)33/h1-6,8-9,19,32-33,37H,7,10H2,(H3,27,28)(H,29,34)(H,30,31)(H,35,36)(H,38,39)(H,40,41)/p-1. The lowest BCUT2D eigenvalue weighted by Crippen LogP contribution is -2.42. The highest BCUT2D eigenvalue weighted by Gasteiger charge is 2.24. The highest BCUT2D eigenvalue weighted by molar-refractivity contribution is 7.80. The summed E-state index contributed by atoms with van der Waals surface area (Å²) in [5.41, 5.74) is 7.15. The lowest BCUT2D eigenvalue weighted by atomic mass is 9.95. The van der Waals surface area contributed by atoms with Crippen molar-refractivity contribution in [2.75, 3.05) is 4.72 Å². The molecule has 1 aromatic heterocycles. The Labute approximate surface area is 239 Å². The zero-order valence-corrected chi connectivity index (χ0v) is 22.2. The Morgan fingerprint density at radius 1 is 1.05 bits per heavy atom. The smallest absolute Gasteiger partial charge is 0.326 e. The number of nitrogens with one attached hydrogen (secondary N) is 4. The highest BCUT2D eigenvalue weighted by atomic mass is 32.2. The molecule has 42 heavy (non-hydrogen) atoms. The van der Waals surface area contributed by atoms with Crippen LogP contribution in [-0.4, -0.2) is 68.9 Å². The fourth-order valence-corrected chi connectivity index (χ4v) is 4.52. The first-order valence-corrected chi connectivity index (χ1v) is 13.0. The molecule has 4 rings (SSSR count). The molecule has 0 saturated carbocycles. The van der Waals surface area contributed by atoms with Gasteiger partial charge in [0.15, 0.2) is 0 Å². The van der Waals surface area contributed by atoms with E-state index in [-0.39, 0.29) is 45.4 Å². The minimum Gasteiger partial charge on any atom is -0.755 e. The first-order chi connectivity index (χ1) is 19.8. The molecular formula is C26H23N6O9S-. The Balaban J connectivity index is 1.84. The summed E-state index contributed by atoms with van der Waals surface area (Å²) in [6.45, 7) is 0. The van der Waals surface area contributed by atoms with Crippen LogP contribution in [0.25, 0.3) is 33.5 Å². The number of hydrogen-bond acceptors (Lipinski definition) is 9. The number of amides is 1. The molecule has 2 unspecified atom stereocenters. The number of carboxylic acid groups (broad SMARTS) is 2. The molecule has 3 aromatic carbocycles. The second-order valence-corrected chi connectivity index (χ2v) is 9.75. The van der Waals surface area contributed by atoms with Crippen molar-refractivity contribution in [1.82, 2.24) is 15.3 Å². The number of nitrogens with two attached hydrogens (primary N) is 1. The van der Waals surface area contributed by atoms with Gasteiger partial charge in [0, 0.05) is 33.6 Å². The number of phenolic OH excluding ortho intramolecular Hbond substituents is 2. The van der Waals surface area contributed by atoms with Crippen molar-refractivity contribution in [1.29, 1.82) is 5.41 Å². The molecule has 0 fully saturated rings. The van der Waals surface area contributed by atoms with Crippen molar-refractivity contribution < 1.29 is 43.6 Å². The number of nitrogen functional groups attached to an aromatic ring is 1. The lowest BCUT2D eigenvalue weighted by Gasteiger charge is -2.16. The van der Waals surface area contributed by atoms with Gasteiger partial charge in [-0.15, -0.1) is 0 Å². The minimum absolute atomic E-state index is 0.0178. The number of phenols is 2. The number of nitrogens with zero attached hydrogens (tertiary/aromatic N) is 1. The summed E-state index contributed by atoms with van der Waals surface area (Å²) in [6.07, 6.45) is -1.33. The zero-order chi connectivity index (χ0) is 30.7. The maximum Gasteiger partial charge on any atom is 0.326 e. The van der Waals surface area contributed by atoms with Crippen molar-refractivity contribution in [3.8, 4) is 34.0 Å². The van der Waals surface area contributed by atoms with Crippen molar-refractivity contribution in [3.63, 3.8) is 0 Å². The third-order valence-corrected chi connectivity index (χ3v) is 6.48. The predicted molar refractivity (Wildman–Crippen MR) is 149 cm³/mol. The Kier molecular flexibility index (Phi) is 8.39. The average Bonchev–Trinajstić information content (AvgIpc) is 3.33. The highest BCUT2D eigenvalue weighted by Crippen LogP contribution is 2.43. The first-order valence-electron chi connectivity index (χ1n) is 12.0. The van der Waals surface area contributed by atoms with Crippen LogP contribution in [0.4, 0.5) is 5.69 Å². The number of amidine groups is 1. The molecule has 4 aromatic rings. The number of aromatic nitrogens is 2. The second kappa shape index (κ2) is 11.9. The van der Waals surface area contributed by atoms with E-state index in [0.29, 0.717) is 16.6 Å². The van der Waals surface area contributed by atoms with Crippen molar-refractivity contribution in [3.05, 3.63) is 59.7 Å². The van der Waals surface area contributed by atoms with Crippen LogP contribution in [0.5, 0.6) is 11.5 Å². The number of carbonyl (C=O) groups excluding carboxylic acids is 1. The van der Waals surface area contributed by atoms with Crippen LogP contribution in [0.3, 0.4) is 0 Å². The number of carbonyl (C=O) groups is 3. The van der Waals surface area contributed by atoms with Gasteiger partial charge in [0.2, 0.25) is 5.91 Å². The number of carboxylic acids is 2. The van der Waals surface area contributed by atoms with Gasteiger partial charge in [0.25, 0.3) is 0 Å². The van der Waals surface area contributed by atoms with Gasteiger partial charge in [-0.3, -0.25) is 19.2 Å². The topological polar surface area (TPSA) is 275 Å². The van der Waals surface area contributed by atoms with E-state index in [0.717, 1.165) is 0 Å². The van der Waals surface area contributed by atoms with Gasteiger partial charge < -0.3 is 45.7 Å². The molecule has 16 heteroatoms. The summed E-state index contributed by atoms with van der Waals surface area (Å²) in [5.74, 6) is -4.64. The van der Waals surface area contributed by atoms with Crippen molar-refractivity contribution in [2.45, 2.75) is 18.9 Å². The van der Waals surface area contributed by atoms with Crippen LogP contribution in [0.15, 0.2) is 48.5 Å². The van der Waals surface area contributed by atoms with Crippen LogP contribution < -0.4 is 15.8 Å². The van der Waals surface area contributed by atoms with E-state index in [1.807, 2.05) is 0 Å². The molecule has 218 valence electrons. The largest absolute Gasteiger partial charge is 0.755 e. The number of anilines is 1. The van der Waals surface area contributed by atoms with E-state index < -0.39 is 53.7 Å². The molecule has 1 amide bonds. The number of rotatable bonds is 11. The van der Waals surface area contributed by atoms with Crippen molar-refractivity contribution in [2.24, 2.45) is 5.73 Å². The SMILES string of the molecule is N=C(N)c1ccc2nc(-c3cc(CC(=O)NC(CC(=O)O)C(=O)O)cc(-c4cc(NS(=O)[O-])ccc4O)c3O)[nH]c2c1. The Morgan fingerprint density at radius 3 is 2.40 bits per heavy atom. The van der Waals surface area contributed by atoms with Crippen LogP contribution >= 0.6 is 0 Å². The zero-order valence-electron chi connectivity index (χ0n) is 21.4. The normalized spacial score (nSPS) is 12.4. The monoisotopic (exact) mass is 595 g/mol. The van der Waals surface area contributed by atoms with Gasteiger partial charge in [-0.2, -0.15) is 0 Å². The predicted octanol–water partition coefficient (Wildman–Crippen LogP) is 1.38. The molecule has 15 nitrogen and oxygen atoms in total. The van der Waals surface area contributed by atoms with Crippen LogP contribution in [-0.2, 0) is 32.1 Å². The van der Waals surface area contributed by atoms with Gasteiger partial charge in [-0.05, 0) is 54.1 Å². The van der Waals surface area contributed by atoms with Crippen LogP contribution in [0, 0.1) is 5.41 Å². The number of hydrogen-bond donors (Lipinski definition) is 9. The lowest BCUT2D eigenvalue weighted by molar-refractivity contribution is -0.147. The summed E-state index contributed by atoms with van der Waals surface area (Å²) >= 11 is -2.69. The molecule has 0 aliphatic heterocycles. The first kappa shape index (κ1) is 29.5. The van der Waals surface area contributed by atoms with E-state index >= 15 is 0 Å². The molecule has 0 saturated heterocycles. The molecule has 0 bridgehead atoms. The molecule has 1 heterocycles. The summed E-state index contributed by atoms with van der Waals surface area (Å²) in [4.78, 5) is 42.7. The van der Waals surface area contributed by atoms with E-state index in [1.54, 1.807) is 18.2 Å². The van der Waals surface area contributed by atoms with E-state index in [1.165, 1.54) is 30.3 Å². The number of aromatic amines is 1. The molecule has 0 spiro atoms. The number of fused-ring (bicyclic) bond motifs is 1. The molecule has 0 radical (unpaired) electrons. The molecule has 0 aliphatic carbocycles. The summed E-state index contributed by atoms with van der Waals surface area (Å²) in [5, 5.41) is 50.0. The quantitative estimate of drug-likeness (QED) is 0.0517. The fraction of sp³-hybridized carbons (Fsp3) is 0.115. The average molecular weight is 596 g/mol. The molecule has 2 atom stereocenters. The van der Waals surface area contributed by atoms with Gasteiger partial charge in [0.05, 0.1) is 29.4 Å². The van der Waals surface area contributed by atoms with Gasteiger partial charge >= 0.3 is 11.9 Å².